The van der Waals surface area contributed by atoms with Crippen molar-refractivity contribution in [3.05, 3.63) is 23.8 Å². The van der Waals surface area contributed by atoms with Crippen LogP contribution < -0.4 is 9.47 Å². The highest BCUT2D eigenvalue weighted by molar-refractivity contribution is 7.95. The van der Waals surface area contributed by atoms with Crippen LogP contribution in [0, 0.1) is 5.41 Å². The number of para-hydroxylation sites is 1. The molecule has 0 unspecified atom stereocenters. The lowest BCUT2D eigenvalue weighted by Crippen LogP contribution is -2.37. The van der Waals surface area contributed by atoms with Gasteiger partial charge < -0.3 is 9.47 Å². The second-order valence-electron chi connectivity index (χ2n) is 8.32. The van der Waals surface area contributed by atoms with Gasteiger partial charge in [-0.3, -0.25) is 0 Å². The van der Waals surface area contributed by atoms with E-state index in [1.54, 1.807) is 17.4 Å². The van der Waals surface area contributed by atoms with E-state index in [-0.39, 0.29) is 11.7 Å². The van der Waals surface area contributed by atoms with Crippen molar-refractivity contribution < 1.29 is 14.3 Å². The van der Waals surface area contributed by atoms with E-state index in [1.807, 2.05) is 26.0 Å². The van der Waals surface area contributed by atoms with Crippen LogP contribution in [0.3, 0.4) is 0 Å². The molecule has 2 aliphatic rings. The van der Waals surface area contributed by atoms with Crippen LogP contribution in [-0.4, -0.2) is 40.4 Å². The van der Waals surface area contributed by atoms with Crippen molar-refractivity contribution in [3.63, 3.8) is 0 Å². The second-order valence-corrected chi connectivity index (χ2v) is 9.55. The first kappa shape index (κ1) is 18.4. The van der Waals surface area contributed by atoms with Gasteiger partial charge in [-0.15, -0.1) is 0 Å². The molecule has 0 aliphatic carbocycles. The van der Waals surface area contributed by atoms with E-state index in [1.165, 1.54) is 12.1 Å². The highest BCUT2D eigenvalue weighted by Crippen LogP contribution is 2.42. The van der Waals surface area contributed by atoms with Gasteiger partial charge in [0.15, 0.2) is 11.5 Å². The molecule has 6 heteroatoms. The van der Waals surface area contributed by atoms with Crippen LogP contribution in [0.1, 0.15) is 46.1 Å². The minimum Gasteiger partial charge on any atom is -0.483 e. The number of benzene rings is 1. The van der Waals surface area contributed by atoms with E-state index in [0.717, 1.165) is 37.9 Å². The molecule has 138 valence electrons. The van der Waals surface area contributed by atoms with E-state index < -0.39 is 0 Å². The molecule has 0 atom stereocenters. The van der Waals surface area contributed by atoms with Gasteiger partial charge in [0.1, 0.15) is 5.60 Å². The number of piperidine rings is 1. The maximum Gasteiger partial charge on any atom is 0.426 e. The van der Waals surface area contributed by atoms with Crippen LogP contribution in [0.25, 0.3) is 0 Å². The summed E-state index contributed by atoms with van der Waals surface area (Å²) in [6.45, 7) is 10.6. The molecule has 1 amide bonds. The molecule has 0 aromatic heterocycles. The lowest BCUT2D eigenvalue weighted by Gasteiger charge is -2.36. The Morgan fingerprint density at radius 1 is 1.24 bits per heavy atom. The zero-order chi connectivity index (χ0) is 18.2. The van der Waals surface area contributed by atoms with Crippen LogP contribution in [0.15, 0.2) is 18.2 Å². The zero-order valence-electron chi connectivity index (χ0n) is 15.8. The van der Waals surface area contributed by atoms with Crippen molar-refractivity contribution in [2.75, 3.05) is 20.1 Å². The third-order valence-corrected chi connectivity index (χ3v) is 5.81. The second kappa shape index (κ2) is 6.72. The summed E-state index contributed by atoms with van der Waals surface area (Å²) in [4.78, 5) is 12.5. The van der Waals surface area contributed by atoms with Crippen LogP contribution in [0.5, 0.6) is 11.5 Å². The van der Waals surface area contributed by atoms with Gasteiger partial charge in [0.25, 0.3) is 0 Å². The number of hydrogen-bond donors (Lipinski definition) is 0. The molecule has 1 fully saturated rings. The van der Waals surface area contributed by atoms with Crippen LogP contribution in [0.4, 0.5) is 4.79 Å². The minimum atomic E-state index is -0.378. The Labute approximate surface area is 154 Å². The van der Waals surface area contributed by atoms with Crippen molar-refractivity contribution in [1.82, 2.24) is 8.61 Å². The summed E-state index contributed by atoms with van der Waals surface area (Å²) in [5.41, 5.74) is 1.22. The lowest BCUT2D eigenvalue weighted by molar-refractivity contribution is 0.131. The largest absolute Gasteiger partial charge is 0.483 e. The van der Waals surface area contributed by atoms with Crippen LogP contribution >= 0.6 is 12.1 Å². The first-order valence-electron chi connectivity index (χ1n) is 8.85. The Morgan fingerprint density at radius 2 is 1.92 bits per heavy atom. The number of rotatable bonds is 3. The number of ether oxygens (including phenoxy) is 2. The van der Waals surface area contributed by atoms with Crippen LogP contribution in [-0.2, 0) is 6.42 Å². The summed E-state index contributed by atoms with van der Waals surface area (Å²) >= 11 is 1.43. The van der Waals surface area contributed by atoms with Gasteiger partial charge in [0.05, 0.1) is 0 Å². The summed E-state index contributed by atoms with van der Waals surface area (Å²) in [5.74, 6) is 1.19. The maximum atomic E-state index is 12.5. The van der Waals surface area contributed by atoms with E-state index in [9.17, 15) is 4.79 Å². The smallest absolute Gasteiger partial charge is 0.426 e. The minimum absolute atomic E-state index is 0.258. The first-order valence-corrected chi connectivity index (χ1v) is 9.58. The molecular formula is C19H28N2O3S. The fraction of sp³-hybridized carbons (Fsp3) is 0.632. The molecule has 0 N–H and O–H groups in total. The molecule has 1 saturated heterocycles. The van der Waals surface area contributed by atoms with Crippen LogP contribution in [0.2, 0.25) is 0 Å². The van der Waals surface area contributed by atoms with E-state index in [0.29, 0.717) is 16.9 Å². The molecule has 1 aromatic carbocycles. The topological polar surface area (TPSA) is 42.0 Å². The summed E-state index contributed by atoms with van der Waals surface area (Å²) < 4.78 is 15.4. The van der Waals surface area contributed by atoms with Crippen molar-refractivity contribution in [2.45, 2.75) is 52.6 Å². The van der Waals surface area contributed by atoms with Gasteiger partial charge in [-0.2, -0.15) is 0 Å². The van der Waals surface area contributed by atoms with Gasteiger partial charge in [-0.1, -0.05) is 26.0 Å². The maximum absolute atomic E-state index is 12.5. The summed E-state index contributed by atoms with van der Waals surface area (Å²) in [7, 11) is 1.75. The highest BCUT2D eigenvalue weighted by atomic mass is 32.2. The fourth-order valence-corrected chi connectivity index (χ4v) is 4.00. The molecule has 0 saturated carbocycles. The average Bonchev–Trinajstić information content (AvgIpc) is 2.84. The Morgan fingerprint density at radius 3 is 2.60 bits per heavy atom. The summed E-state index contributed by atoms with van der Waals surface area (Å²) in [6.07, 6.45) is 2.72. The van der Waals surface area contributed by atoms with Gasteiger partial charge in [0.2, 0.25) is 0 Å². The molecule has 2 heterocycles. The highest BCUT2D eigenvalue weighted by Gasteiger charge is 2.33. The Kier molecular flexibility index (Phi) is 4.95. The number of carbonyl (C=O) groups is 1. The Balaban J connectivity index is 1.59. The number of fused-ring (bicyclic) bond motifs is 1. The lowest BCUT2D eigenvalue weighted by atomic mass is 9.83. The van der Waals surface area contributed by atoms with Crippen molar-refractivity contribution in [2.24, 2.45) is 5.41 Å². The average molecular weight is 365 g/mol. The standard InChI is InChI=1S/C19H28N2O3S/c1-18(2)9-11-21(12-10-18)25-20(5)17(22)23-15-8-6-7-14-13-19(3,4)24-16(14)15/h6-8H,9-13H2,1-5H3. The summed E-state index contributed by atoms with van der Waals surface area (Å²) in [6, 6.07) is 5.72. The van der Waals surface area contributed by atoms with Gasteiger partial charge >= 0.3 is 6.09 Å². The number of nitrogens with zero attached hydrogens (tertiary/aromatic N) is 2. The predicted octanol–water partition coefficient (Wildman–Crippen LogP) is 4.52. The monoisotopic (exact) mass is 364 g/mol. The normalized spacial score (nSPS) is 21.3. The molecule has 5 nitrogen and oxygen atoms in total. The van der Waals surface area contributed by atoms with E-state index >= 15 is 0 Å². The molecule has 3 rings (SSSR count). The molecule has 0 radical (unpaired) electrons. The van der Waals surface area contributed by atoms with Crippen molar-refractivity contribution >= 4 is 18.2 Å². The number of amides is 1. The predicted molar refractivity (Wildman–Crippen MR) is 101 cm³/mol. The molecular weight excluding hydrogens is 336 g/mol. The molecule has 2 aliphatic heterocycles. The zero-order valence-corrected chi connectivity index (χ0v) is 16.6. The molecule has 0 spiro atoms. The SMILES string of the molecule is CN(SN1CCC(C)(C)CC1)C(=O)Oc1cccc2c1OC(C)(C)C2. The molecule has 1 aromatic rings. The quantitative estimate of drug-likeness (QED) is 0.738. The Bertz CT molecular complexity index is 650. The third-order valence-electron chi connectivity index (χ3n) is 4.82. The third kappa shape index (κ3) is 4.42. The van der Waals surface area contributed by atoms with Crippen molar-refractivity contribution in [3.8, 4) is 11.5 Å². The van der Waals surface area contributed by atoms with E-state index in [4.69, 9.17) is 9.47 Å². The summed E-state index contributed by atoms with van der Waals surface area (Å²) in [5, 5.41) is 0. The van der Waals surface area contributed by atoms with E-state index in [2.05, 4.69) is 18.2 Å². The van der Waals surface area contributed by atoms with Crippen molar-refractivity contribution in [1.29, 1.82) is 0 Å². The number of carbonyl (C=O) groups excluding carboxylic acids is 1. The Hall–Kier alpha value is -1.40. The number of hydrogen-bond acceptors (Lipinski definition) is 5. The first-order chi connectivity index (χ1) is 11.7. The van der Waals surface area contributed by atoms with Gasteiger partial charge in [-0.25, -0.2) is 13.4 Å². The van der Waals surface area contributed by atoms with Gasteiger partial charge in [-0.05, 0) is 38.2 Å². The molecule has 0 bridgehead atoms. The van der Waals surface area contributed by atoms with Gasteiger partial charge in [0, 0.05) is 44.3 Å². The molecule has 25 heavy (non-hydrogen) atoms. The fourth-order valence-electron chi connectivity index (χ4n) is 3.21.